The number of nitrogens with zero attached hydrogens (tertiary/aromatic N) is 1. The maximum atomic E-state index is 13.3. The number of nitrogens with one attached hydrogen (secondary N) is 1. The molecule has 1 aromatic heterocycles. The number of sulfone groups is 1. The third kappa shape index (κ3) is 5.08. The van der Waals surface area contributed by atoms with Crippen LogP contribution < -0.4 is 5.32 Å². The molecule has 5 rings (SSSR count). The predicted octanol–water partition coefficient (Wildman–Crippen LogP) is 3.50. The molecule has 1 saturated heterocycles. The smallest absolute Gasteiger partial charge is 0.337 e. The zero-order valence-electron chi connectivity index (χ0n) is 18.9. The van der Waals surface area contributed by atoms with Crippen molar-refractivity contribution in [2.75, 3.05) is 25.6 Å². The van der Waals surface area contributed by atoms with E-state index in [9.17, 15) is 18.0 Å². The molecule has 2 heterocycles. The molecule has 35 heavy (non-hydrogen) atoms. The molecule has 2 unspecified atom stereocenters. The lowest BCUT2D eigenvalue weighted by molar-refractivity contribution is -0.131. The molecule has 2 fully saturated rings. The molecule has 1 N–H and O–H groups in total. The number of carbonyl (C=O) groups excluding carboxylic acids is 2. The molecule has 0 bridgehead atoms. The van der Waals surface area contributed by atoms with Crippen LogP contribution in [0.3, 0.4) is 0 Å². The maximum absolute atomic E-state index is 13.3. The SMILES string of the molecule is COC(=O)c1ccc2nc(NC(=O)C(OC3CCOC3)c3ccc(S(=O)(=O)C4CC4)cc3)sc2c1. The zero-order chi connectivity index (χ0) is 24.6. The van der Waals surface area contributed by atoms with Crippen molar-refractivity contribution in [1.82, 2.24) is 4.98 Å². The second-order valence-corrected chi connectivity index (χ2v) is 11.8. The van der Waals surface area contributed by atoms with E-state index >= 15 is 0 Å². The first-order valence-corrected chi connectivity index (χ1v) is 13.6. The normalized spacial score (nSPS) is 18.9. The van der Waals surface area contributed by atoms with E-state index in [-0.39, 0.29) is 16.2 Å². The van der Waals surface area contributed by atoms with Crippen LogP contribution in [-0.4, -0.2) is 57.0 Å². The molecular formula is C24H24N2O7S2. The van der Waals surface area contributed by atoms with E-state index < -0.39 is 27.8 Å². The van der Waals surface area contributed by atoms with Crippen molar-refractivity contribution in [3.63, 3.8) is 0 Å². The largest absolute Gasteiger partial charge is 0.465 e. The third-order valence-electron chi connectivity index (χ3n) is 5.97. The Morgan fingerprint density at radius 2 is 1.91 bits per heavy atom. The highest BCUT2D eigenvalue weighted by molar-refractivity contribution is 7.92. The summed E-state index contributed by atoms with van der Waals surface area (Å²) in [6.45, 7) is 0.938. The topological polar surface area (TPSA) is 121 Å². The van der Waals surface area contributed by atoms with Gasteiger partial charge in [-0.15, -0.1) is 0 Å². The molecule has 1 aliphatic heterocycles. The Morgan fingerprint density at radius 3 is 2.57 bits per heavy atom. The molecule has 0 spiro atoms. The molecule has 1 saturated carbocycles. The van der Waals surface area contributed by atoms with Gasteiger partial charge in [-0.1, -0.05) is 23.5 Å². The van der Waals surface area contributed by atoms with Gasteiger partial charge >= 0.3 is 5.97 Å². The van der Waals surface area contributed by atoms with Gasteiger partial charge in [0.15, 0.2) is 21.1 Å². The maximum Gasteiger partial charge on any atom is 0.337 e. The van der Waals surface area contributed by atoms with Crippen molar-refractivity contribution in [1.29, 1.82) is 0 Å². The summed E-state index contributed by atoms with van der Waals surface area (Å²) < 4.78 is 42.0. The Kier molecular flexibility index (Phi) is 6.58. The number of rotatable bonds is 8. The second-order valence-electron chi connectivity index (χ2n) is 8.50. The zero-order valence-corrected chi connectivity index (χ0v) is 20.6. The van der Waals surface area contributed by atoms with Crippen molar-refractivity contribution in [2.24, 2.45) is 0 Å². The van der Waals surface area contributed by atoms with Crippen molar-refractivity contribution in [2.45, 2.75) is 41.6 Å². The number of methoxy groups -OCH3 is 1. The predicted molar refractivity (Wildman–Crippen MR) is 129 cm³/mol. The number of carbonyl (C=O) groups is 2. The van der Waals surface area contributed by atoms with E-state index in [1.165, 1.54) is 30.6 Å². The average molecular weight is 517 g/mol. The molecular weight excluding hydrogens is 492 g/mol. The molecule has 1 aliphatic carbocycles. The van der Waals surface area contributed by atoms with Crippen molar-refractivity contribution in [3.05, 3.63) is 53.6 Å². The van der Waals surface area contributed by atoms with Crippen molar-refractivity contribution < 1.29 is 32.2 Å². The summed E-state index contributed by atoms with van der Waals surface area (Å²) in [5.41, 5.74) is 1.57. The van der Waals surface area contributed by atoms with Crippen LogP contribution in [-0.2, 0) is 28.8 Å². The lowest BCUT2D eigenvalue weighted by atomic mass is 10.1. The fourth-order valence-corrected chi connectivity index (χ4v) is 6.47. The molecule has 3 aromatic rings. The first-order chi connectivity index (χ1) is 16.8. The van der Waals surface area contributed by atoms with Crippen LogP contribution in [0, 0.1) is 0 Å². The fraction of sp³-hybridized carbons (Fsp3) is 0.375. The van der Waals surface area contributed by atoms with E-state index in [1.54, 1.807) is 30.3 Å². The number of ether oxygens (including phenoxy) is 3. The van der Waals surface area contributed by atoms with Gasteiger partial charge in [-0.2, -0.15) is 0 Å². The number of esters is 1. The number of aromatic nitrogens is 1. The van der Waals surface area contributed by atoms with Crippen molar-refractivity contribution >= 4 is 48.4 Å². The lowest BCUT2D eigenvalue weighted by Crippen LogP contribution is -2.28. The first-order valence-electron chi connectivity index (χ1n) is 11.2. The summed E-state index contributed by atoms with van der Waals surface area (Å²) in [6, 6.07) is 11.3. The summed E-state index contributed by atoms with van der Waals surface area (Å²) in [5, 5.41) is 2.86. The monoisotopic (exact) mass is 516 g/mol. The van der Waals surface area contributed by atoms with E-state index in [0.29, 0.717) is 54.3 Å². The first kappa shape index (κ1) is 23.9. The molecule has 0 radical (unpaired) electrons. The van der Waals surface area contributed by atoms with Gasteiger partial charge in [0.1, 0.15) is 0 Å². The Hall–Kier alpha value is -2.86. The van der Waals surface area contributed by atoms with Crippen LogP contribution in [0.15, 0.2) is 47.4 Å². The number of hydrogen-bond donors (Lipinski definition) is 1. The van der Waals surface area contributed by atoms with Gasteiger partial charge in [0, 0.05) is 6.61 Å². The number of anilines is 1. The summed E-state index contributed by atoms with van der Waals surface area (Å²) in [4.78, 5) is 29.8. The van der Waals surface area contributed by atoms with E-state index in [1.807, 2.05) is 0 Å². The Balaban J connectivity index is 1.38. The Labute approximate surface area is 206 Å². The molecule has 1 amide bonds. The quantitative estimate of drug-likeness (QED) is 0.452. The molecule has 2 aromatic carbocycles. The highest BCUT2D eigenvalue weighted by Crippen LogP contribution is 2.35. The lowest BCUT2D eigenvalue weighted by Gasteiger charge is -2.21. The van der Waals surface area contributed by atoms with Gasteiger partial charge < -0.3 is 14.2 Å². The summed E-state index contributed by atoms with van der Waals surface area (Å²) in [6.07, 6.45) is 0.803. The minimum Gasteiger partial charge on any atom is -0.465 e. The van der Waals surface area contributed by atoms with Gasteiger partial charge in [-0.3, -0.25) is 10.1 Å². The number of thiazole rings is 1. The molecule has 184 valence electrons. The molecule has 2 atom stereocenters. The van der Waals surface area contributed by atoms with Gasteiger partial charge in [0.25, 0.3) is 5.91 Å². The highest BCUT2D eigenvalue weighted by atomic mass is 32.2. The Bertz CT molecular complexity index is 1360. The van der Waals surface area contributed by atoms with E-state index in [2.05, 4.69) is 10.3 Å². The van der Waals surface area contributed by atoms with Gasteiger partial charge in [0.2, 0.25) is 0 Å². The van der Waals surface area contributed by atoms with Crippen LogP contribution in [0.1, 0.15) is 41.3 Å². The molecule has 11 heteroatoms. The van der Waals surface area contributed by atoms with Crippen LogP contribution in [0.4, 0.5) is 5.13 Å². The van der Waals surface area contributed by atoms with Crippen LogP contribution in [0.25, 0.3) is 10.2 Å². The number of hydrogen-bond acceptors (Lipinski definition) is 9. The standard InChI is InChI=1S/C24H24N2O7S2/c1-31-23(28)15-4-9-19-20(12-15)34-24(25-19)26-22(27)21(33-16-10-11-32-13-16)14-2-5-17(6-3-14)35(29,30)18-7-8-18/h2-6,9,12,16,18,21H,7-8,10-11,13H2,1H3,(H,25,26,27). The van der Waals surface area contributed by atoms with Gasteiger partial charge in [-0.05, 0) is 55.2 Å². The van der Waals surface area contributed by atoms with Gasteiger partial charge in [-0.25, -0.2) is 18.2 Å². The molecule has 2 aliphatic rings. The van der Waals surface area contributed by atoms with E-state index in [0.717, 1.165) is 4.70 Å². The van der Waals surface area contributed by atoms with Crippen LogP contribution in [0.5, 0.6) is 0 Å². The van der Waals surface area contributed by atoms with Gasteiger partial charge in [0.05, 0.1) is 45.7 Å². The van der Waals surface area contributed by atoms with Crippen LogP contribution in [0.2, 0.25) is 0 Å². The number of fused-ring (bicyclic) bond motifs is 1. The van der Waals surface area contributed by atoms with Crippen molar-refractivity contribution in [3.8, 4) is 0 Å². The highest BCUT2D eigenvalue weighted by Gasteiger charge is 2.37. The second kappa shape index (κ2) is 9.65. The third-order valence-corrected chi connectivity index (χ3v) is 9.18. The number of amides is 1. The van der Waals surface area contributed by atoms with Crippen LogP contribution >= 0.6 is 11.3 Å². The number of benzene rings is 2. The summed E-state index contributed by atoms with van der Waals surface area (Å²) in [5.74, 6) is -0.882. The minimum atomic E-state index is -3.33. The summed E-state index contributed by atoms with van der Waals surface area (Å²) in [7, 11) is -2.01. The molecule has 9 nitrogen and oxygen atoms in total. The Morgan fingerprint density at radius 1 is 1.14 bits per heavy atom. The fourth-order valence-electron chi connectivity index (χ4n) is 3.90. The minimum absolute atomic E-state index is 0.250. The van der Waals surface area contributed by atoms with E-state index in [4.69, 9.17) is 14.2 Å². The summed E-state index contributed by atoms with van der Waals surface area (Å²) >= 11 is 1.23. The average Bonchev–Trinajstić information content (AvgIpc) is 3.47.